The van der Waals surface area contributed by atoms with E-state index in [-0.39, 0.29) is 23.7 Å². The van der Waals surface area contributed by atoms with Gasteiger partial charge in [0, 0.05) is 4.47 Å². The molecule has 2 aromatic rings. The number of benzene rings is 2. The zero-order valence-electron chi connectivity index (χ0n) is 18.4. The van der Waals surface area contributed by atoms with E-state index in [9.17, 15) is 19.2 Å². The second-order valence-electron chi connectivity index (χ2n) is 7.19. The Bertz CT molecular complexity index is 1170. The first-order valence-electron chi connectivity index (χ1n) is 9.71. The number of barbiturate groups is 1. The standard InChI is InChI=1S/C23H21BrN2O7/c1-12-5-13(2)7-15(6-12)26-22(29)16(21(28)25-23(26)30)8-14-9-18(31-3)19(10-17(14)24)33-11-20(27)32-4/h5-10H,11H2,1-4H3,(H,25,28,30)/b16-8-. The predicted molar refractivity (Wildman–Crippen MR) is 123 cm³/mol. The fourth-order valence-electron chi connectivity index (χ4n) is 3.26. The van der Waals surface area contributed by atoms with E-state index in [0.29, 0.717) is 15.7 Å². The van der Waals surface area contributed by atoms with Crippen LogP contribution in [0.15, 0.2) is 40.4 Å². The fourth-order valence-corrected chi connectivity index (χ4v) is 3.69. The van der Waals surface area contributed by atoms with E-state index < -0.39 is 23.8 Å². The molecule has 1 heterocycles. The monoisotopic (exact) mass is 516 g/mol. The molecule has 1 aliphatic heterocycles. The van der Waals surface area contributed by atoms with Crippen molar-refractivity contribution in [2.45, 2.75) is 13.8 Å². The number of carbonyl (C=O) groups is 4. The number of hydrogen-bond donors (Lipinski definition) is 1. The van der Waals surface area contributed by atoms with Crippen molar-refractivity contribution in [3.63, 3.8) is 0 Å². The number of nitrogens with one attached hydrogen (secondary N) is 1. The van der Waals surface area contributed by atoms with Gasteiger partial charge < -0.3 is 14.2 Å². The molecule has 1 fully saturated rings. The summed E-state index contributed by atoms with van der Waals surface area (Å²) in [5.41, 5.74) is 2.27. The molecule has 1 aliphatic rings. The van der Waals surface area contributed by atoms with Gasteiger partial charge in [0.15, 0.2) is 18.1 Å². The van der Waals surface area contributed by atoms with E-state index in [0.717, 1.165) is 16.0 Å². The number of nitrogens with zero attached hydrogens (tertiary/aromatic N) is 1. The van der Waals surface area contributed by atoms with Gasteiger partial charge in [-0.1, -0.05) is 22.0 Å². The van der Waals surface area contributed by atoms with E-state index in [1.165, 1.54) is 32.4 Å². The summed E-state index contributed by atoms with van der Waals surface area (Å²) in [6.07, 6.45) is 1.34. The number of imide groups is 2. The molecule has 4 amide bonds. The Balaban J connectivity index is 2.00. The number of anilines is 1. The molecule has 0 aromatic heterocycles. The maximum Gasteiger partial charge on any atom is 0.343 e. The first kappa shape index (κ1) is 24.0. The minimum absolute atomic E-state index is 0.236. The van der Waals surface area contributed by atoms with Crippen molar-refractivity contribution in [2.75, 3.05) is 25.7 Å². The lowest BCUT2D eigenvalue weighted by Gasteiger charge is -2.27. The zero-order chi connectivity index (χ0) is 24.3. The van der Waals surface area contributed by atoms with E-state index in [2.05, 4.69) is 26.0 Å². The summed E-state index contributed by atoms with van der Waals surface area (Å²) in [5, 5.41) is 2.20. The first-order chi connectivity index (χ1) is 15.6. The number of esters is 1. The smallest absolute Gasteiger partial charge is 0.343 e. The summed E-state index contributed by atoms with van der Waals surface area (Å²) >= 11 is 3.37. The number of aryl methyl sites for hydroxylation is 2. The number of halogens is 1. The van der Waals surface area contributed by atoms with Crippen LogP contribution in [0.1, 0.15) is 16.7 Å². The molecule has 0 aliphatic carbocycles. The highest BCUT2D eigenvalue weighted by Crippen LogP contribution is 2.35. The van der Waals surface area contributed by atoms with Crippen molar-refractivity contribution >= 4 is 51.5 Å². The normalized spacial score (nSPS) is 14.9. The number of ether oxygens (including phenoxy) is 3. The van der Waals surface area contributed by atoms with Crippen LogP contribution < -0.4 is 19.7 Å². The molecule has 9 nitrogen and oxygen atoms in total. The molecule has 0 unspecified atom stereocenters. The summed E-state index contributed by atoms with van der Waals surface area (Å²) in [5.74, 6) is -1.63. The van der Waals surface area contributed by atoms with E-state index in [1.807, 2.05) is 19.9 Å². The lowest BCUT2D eigenvalue weighted by Crippen LogP contribution is -2.54. The molecule has 0 atom stereocenters. The molecule has 1 N–H and O–H groups in total. The minimum atomic E-state index is -0.824. The van der Waals surface area contributed by atoms with Gasteiger partial charge >= 0.3 is 12.0 Å². The van der Waals surface area contributed by atoms with Crippen molar-refractivity contribution in [3.8, 4) is 11.5 Å². The van der Waals surface area contributed by atoms with E-state index in [1.54, 1.807) is 12.1 Å². The topological polar surface area (TPSA) is 111 Å². The average Bonchev–Trinajstić information content (AvgIpc) is 2.75. The Labute approximate surface area is 198 Å². The number of amides is 4. The Morgan fingerprint density at radius 2 is 1.70 bits per heavy atom. The van der Waals surface area contributed by atoms with Crippen molar-refractivity contribution < 1.29 is 33.4 Å². The molecule has 10 heteroatoms. The van der Waals surface area contributed by atoms with Crippen LogP contribution in [-0.4, -0.2) is 44.6 Å². The average molecular weight is 517 g/mol. The molecular formula is C23H21BrN2O7. The molecule has 0 spiro atoms. The van der Waals surface area contributed by atoms with Crippen LogP contribution in [-0.2, 0) is 19.1 Å². The van der Waals surface area contributed by atoms with Gasteiger partial charge in [-0.3, -0.25) is 14.9 Å². The molecule has 0 saturated carbocycles. The maximum absolute atomic E-state index is 13.2. The third-order valence-corrected chi connectivity index (χ3v) is 5.41. The first-order valence-corrected chi connectivity index (χ1v) is 10.5. The van der Waals surface area contributed by atoms with Crippen LogP contribution in [0.2, 0.25) is 0 Å². The second kappa shape index (κ2) is 9.86. The summed E-state index contributed by atoms with van der Waals surface area (Å²) in [4.78, 5) is 50.4. The molecule has 3 rings (SSSR count). The SMILES string of the molecule is COC(=O)COc1cc(Br)c(/C=C2/C(=O)NC(=O)N(c3cc(C)cc(C)c3)C2=O)cc1OC. The number of carbonyl (C=O) groups excluding carboxylic acids is 4. The van der Waals surface area contributed by atoms with E-state index in [4.69, 9.17) is 9.47 Å². The van der Waals surface area contributed by atoms with Crippen LogP contribution in [0, 0.1) is 13.8 Å². The van der Waals surface area contributed by atoms with Crippen molar-refractivity contribution in [2.24, 2.45) is 0 Å². The minimum Gasteiger partial charge on any atom is -0.493 e. The van der Waals surface area contributed by atoms with Crippen LogP contribution in [0.4, 0.5) is 10.5 Å². The Hall–Kier alpha value is -3.66. The van der Waals surface area contributed by atoms with Gasteiger partial charge in [0.1, 0.15) is 5.57 Å². The molecular weight excluding hydrogens is 496 g/mol. The molecule has 1 saturated heterocycles. The number of methoxy groups -OCH3 is 2. The van der Waals surface area contributed by atoms with Crippen molar-refractivity contribution in [1.29, 1.82) is 0 Å². The molecule has 0 radical (unpaired) electrons. The molecule has 172 valence electrons. The van der Waals surface area contributed by atoms with Crippen LogP contribution >= 0.6 is 15.9 Å². The van der Waals surface area contributed by atoms with Gasteiger partial charge in [0.25, 0.3) is 11.8 Å². The van der Waals surface area contributed by atoms with Gasteiger partial charge in [0.05, 0.1) is 19.9 Å². The van der Waals surface area contributed by atoms with Gasteiger partial charge in [-0.2, -0.15) is 0 Å². The number of hydrogen-bond acceptors (Lipinski definition) is 7. The summed E-state index contributed by atoms with van der Waals surface area (Å²) in [6.45, 7) is 3.36. The highest BCUT2D eigenvalue weighted by atomic mass is 79.9. The van der Waals surface area contributed by atoms with E-state index >= 15 is 0 Å². The van der Waals surface area contributed by atoms with Crippen LogP contribution in [0.3, 0.4) is 0 Å². The summed E-state index contributed by atoms with van der Waals surface area (Å²) in [6, 6.07) is 7.52. The second-order valence-corrected chi connectivity index (χ2v) is 8.05. The molecule has 0 bridgehead atoms. The van der Waals surface area contributed by atoms with Gasteiger partial charge in [-0.25, -0.2) is 14.5 Å². The van der Waals surface area contributed by atoms with Gasteiger partial charge in [-0.05, 0) is 60.9 Å². The Morgan fingerprint density at radius 3 is 2.30 bits per heavy atom. The van der Waals surface area contributed by atoms with Crippen LogP contribution in [0.5, 0.6) is 11.5 Å². The predicted octanol–water partition coefficient (Wildman–Crippen LogP) is 3.29. The zero-order valence-corrected chi connectivity index (χ0v) is 19.9. The Kier molecular flexibility index (Phi) is 7.17. The third-order valence-electron chi connectivity index (χ3n) is 4.72. The molecule has 33 heavy (non-hydrogen) atoms. The lowest BCUT2D eigenvalue weighted by atomic mass is 10.0. The highest BCUT2D eigenvalue weighted by Gasteiger charge is 2.37. The Morgan fingerprint density at radius 1 is 1.03 bits per heavy atom. The number of rotatable bonds is 6. The quantitative estimate of drug-likeness (QED) is 0.356. The molecule has 2 aromatic carbocycles. The largest absolute Gasteiger partial charge is 0.493 e. The maximum atomic E-state index is 13.2. The van der Waals surface area contributed by atoms with Crippen molar-refractivity contribution in [1.82, 2.24) is 5.32 Å². The summed E-state index contributed by atoms with van der Waals surface area (Å²) < 4.78 is 15.7. The van der Waals surface area contributed by atoms with Crippen molar-refractivity contribution in [3.05, 3.63) is 57.1 Å². The van der Waals surface area contributed by atoms with Gasteiger partial charge in [0.2, 0.25) is 0 Å². The fraction of sp³-hybridized carbons (Fsp3) is 0.217. The number of urea groups is 1. The lowest BCUT2D eigenvalue weighted by molar-refractivity contribution is -0.143. The highest BCUT2D eigenvalue weighted by molar-refractivity contribution is 9.10. The van der Waals surface area contributed by atoms with Crippen LogP contribution in [0.25, 0.3) is 6.08 Å². The summed E-state index contributed by atoms with van der Waals surface area (Å²) in [7, 11) is 2.65. The third kappa shape index (κ3) is 5.23. The van der Waals surface area contributed by atoms with Gasteiger partial charge in [-0.15, -0.1) is 0 Å².